The zero-order valence-electron chi connectivity index (χ0n) is 10.5. The zero-order valence-corrected chi connectivity index (χ0v) is 11.2. The van der Waals surface area contributed by atoms with Gasteiger partial charge in [0.1, 0.15) is 11.5 Å². The fourth-order valence-electron chi connectivity index (χ4n) is 1.82. The van der Waals surface area contributed by atoms with Gasteiger partial charge >= 0.3 is 0 Å². The third kappa shape index (κ3) is 3.51. The molecular weight excluding hydrogens is 244 g/mol. The average Bonchev–Trinajstić information content (AvgIpc) is 2.41. The van der Waals surface area contributed by atoms with E-state index in [2.05, 4.69) is 19.1 Å². The predicted octanol–water partition coefficient (Wildman–Crippen LogP) is 5.21. The summed E-state index contributed by atoms with van der Waals surface area (Å²) in [5.74, 6) is 2.92. The van der Waals surface area contributed by atoms with Gasteiger partial charge in [-0.1, -0.05) is 37.3 Å². The van der Waals surface area contributed by atoms with Crippen LogP contribution in [0.5, 0.6) is 11.5 Å². The Hall–Kier alpha value is -1.47. The number of hydrogen-bond donors (Lipinski definition) is 0. The highest BCUT2D eigenvalue weighted by Gasteiger charge is 2.05. The molecule has 0 radical (unpaired) electrons. The van der Waals surface area contributed by atoms with Crippen LogP contribution >= 0.6 is 11.6 Å². The predicted molar refractivity (Wildman–Crippen MR) is 76.7 cm³/mol. The maximum atomic E-state index is 5.76. The van der Waals surface area contributed by atoms with Crippen LogP contribution in [0.3, 0.4) is 0 Å². The molecule has 0 saturated carbocycles. The highest BCUT2D eigenvalue weighted by molar-refractivity contribution is 6.17. The van der Waals surface area contributed by atoms with Crippen LogP contribution in [0.1, 0.15) is 24.8 Å². The molecule has 2 aromatic rings. The summed E-state index contributed by atoms with van der Waals surface area (Å²) in [6.45, 7) is 2.19. The van der Waals surface area contributed by atoms with Crippen LogP contribution in [-0.4, -0.2) is 5.88 Å². The lowest BCUT2D eigenvalue weighted by Crippen LogP contribution is -1.94. The molecule has 94 valence electrons. The second kappa shape index (κ2) is 6.46. The summed E-state index contributed by atoms with van der Waals surface area (Å²) in [4.78, 5) is 0. The Labute approximate surface area is 113 Å². The van der Waals surface area contributed by atoms with Crippen molar-refractivity contribution in [3.8, 4) is 11.5 Å². The van der Waals surface area contributed by atoms with Crippen LogP contribution in [-0.2, 0) is 0 Å². The van der Waals surface area contributed by atoms with E-state index in [1.165, 1.54) is 5.56 Å². The summed E-state index contributed by atoms with van der Waals surface area (Å²) in [6, 6.07) is 18.0. The molecule has 1 unspecified atom stereocenters. The van der Waals surface area contributed by atoms with Crippen LogP contribution < -0.4 is 4.74 Å². The molecule has 0 amide bonds. The zero-order chi connectivity index (χ0) is 12.8. The Balaban J connectivity index is 2.04. The van der Waals surface area contributed by atoms with Gasteiger partial charge in [0, 0.05) is 5.88 Å². The minimum absolute atomic E-state index is 0.494. The van der Waals surface area contributed by atoms with Crippen molar-refractivity contribution in [2.75, 3.05) is 5.88 Å². The SMILES string of the molecule is CC(CCCl)c1ccc(Oc2ccccc2)cc1. The second-order valence-electron chi connectivity index (χ2n) is 4.36. The van der Waals surface area contributed by atoms with E-state index in [1.54, 1.807) is 0 Å². The molecule has 0 fully saturated rings. The number of rotatable bonds is 5. The van der Waals surface area contributed by atoms with Gasteiger partial charge in [0.25, 0.3) is 0 Å². The third-order valence-corrected chi connectivity index (χ3v) is 3.19. The Bertz CT molecular complexity index is 464. The van der Waals surface area contributed by atoms with Crippen molar-refractivity contribution in [2.24, 2.45) is 0 Å². The van der Waals surface area contributed by atoms with Crippen molar-refractivity contribution in [2.45, 2.75) is 19.3 Å². The van der Waals surface area contributed by atoms with Gasteiger partial charge in [0.2, 0.25) is 0 Å². The summed E-state index contributed by atoms with van der Waals surface area (Å²) in [5.41, 5.74) is 1.30. The van der Waals surface area contributed by atoms with Gasteiger partial charge in [-0.3, -0.25) is 0 Å². The molecule has 18 heavy (non-hydrogen) atoms. The van der Waals surface area contributed by atoms with Crippen LogP contribution in [0, 0.1) is 0 Å². The van der Waals surface area contributed by atoms with Crippen molar-refractivity contribution < 1.29 is 4.74 Å². The maximum Gasteiger partial charge on any atom is 0.127 e. The molecule has 2 aromatic carbocycles. The Kier molecular flexibility index (Phi) is 4.66. The minimum Gasteiger partial charge on any atom is -0.457 e. The molecule has 0 aromatic heterocycles. The summed E-state index contributed by atoms with van der Waals surface area (Å²) in [7, 11) is 0. The normalized spacial score (nSPS) is 12.1. The Morgan fingerprint density at radius 2 is 1.56 bits per heavy atom. The summed E-state index contributed by atoms with van der Waals surface area (Å²) < 4.78 is 5.75. The van der Waals surface area contributed by atoms with Crippen molar-refractivity contribution in [1.29, 1.82) is 0 Å². The topological polar surface area (TPSA) is 9.23 Å². The quantitative estimate of drug-likeness (QED) is 0.671. The van der Waals surface area contributed by atoms with Gasteiger partial charge in [0.05, 0.1) is 0 Å². The van der Waals surface area contributed by atoms with Gasteiger partial charge < -0.3 is 4.74 Å². The molecule has 0 saturated heterocycles. The second-order valence-corrected chi connectivity index (χ2v) is 4.74. The van der Waals surface area contributed by atoms with Gasteiger partial charge in [-0.25, -0.2) is 0 Å². The molecule has 2 rings (SSSR count). The molecule has 0 bridgehead atoms. The van der Waals surface area contributed by atoms with E-state index in [-0.39, 0.29) is 0 Å². The number of halogens is 1. The lowest BCUT2D eigenvalue weighted by molar-refractivity contribution is 0.482. The van der Waals surface area contributed by atoms with E-state index < -0.39 is 0 Å². The molecule has 0 aliphatic rings. The molecular formula is C16H17ClO. The van der Waals surface area contributed by atoms with Crippen molar-refractivity contribution in [1.82, 2.24) is 0 Å². The summed E-state index contributed by atoms with van der Waals surface area (Å²) in [6.07, 6.45) is 1.00. The first kappa shape index (κ1) is 13.0. The summed E-state index contributed by atoms with van der Waals surface area (Å²) >= 11 is 5.76. The lowest BCUT2D eigenvalue weighted by atomic mass is 9.99. The first-order valence-corrected chi connectivity index (χ1v) is 6.72. The monoisotopic (exact) mass is 260 g/mol. The highest BCUT2D eigenvalue weighted by Crippen LogP contribution is 2.25. The molecule has 0 N–H and O–H groups in total. The molecule has 0 spiro atoms. The Morgan fingerprint density at radius 3 is 2.17 bits per heavy atom. The first-order chi connectivity index (χ1) is 8.79. The molecule has 2 heteroatoms. The number of benzene rings is 2. The van der Waals surface area contributed by atoms with E-state index in [0.717, 1.165) is 17.9 Å². The molecule has 0 aliphatic carbocycles. The first-order valence-electron chi connectivity index (χ1n) is 6.18. The van der Waals surface area contributed by atoms with Gasteiger partial charge in [-0.15, -0.1) is 11.6 Å². The number of para-hydroxylation sites is 1. The number of alkyl halides is 1. The van der Waals surface area contributed by atoms with Crippen LogP contribution in [0.4, 0.5) is 0 Å². The largest absolute Gasteiger partial charge is 0.457 e. The fourth-order valence-corrected chi connectivity index (χ4v) is 2.15. The Morgan fingerprint density at radius 1 is 0.944 bits per heavy atom. The number of hydrogen-bond acceptors (Lipinski definition) is 1. The standard InChI is InChI=1S/C16H17ClO/c1-13(11-12-17)14-7-9-16(10-8-14)18-15-5-3-2-4-6-15/h2-10,13H,11-12H2,1H3. The third-order valence-electron chi connectivity index (χ3n) is 2.97. The van der Waals surface area contributed by atoms with Crippen molar-refractivity contribution in [3.05, 3.63) is 60.2 Å². The smallest absolute Gasteiger partial charge is 0.127 e. The van der Waals surface area contributed by atoms with Crippen molar-refractivity contribution in [3.63, 3.8) is 0 Å². The molecule has 1 atom stereocenters. The van der Waals surface area contributed by atoms with E-state index >= 15 is 0 Å². The molecule has 1 nitrogen and oxygen atoms in total. The van der Waals surface area contributed by atoms with E-state index in [4.69, 9.17) is 16.3 Å². The molecule has 0 heterocycles. The van der Waals surface area contributed by atoms with Crippen molar-refractivity contribution >= 4 is 11.6 Å². The highest BCUT2D eigenvalue weighted by atomic mass is 35.5. The van der Waals surface area contributed by atoms with E-state index in [9.17, 15) is 0 Å². The van der Waals surface area contributed by atoms with Crippen LogP contribution in [0.25, 0.3) is 0 Å². The van der Waals surface area contributed by atoms with Crippen LogP contribution in [0.15, 0.2) is 54.6 Å². The average molecular weight is 261 g/mol. The number of ether oxygens (including phenoxy) is 1. The lowest BCUT2D eigenvalue weighted by Gasteiger charge is -2.11. The summed E-state index contributed by atoms with van der Waals surface area (Å²) in [5, 5.41) is 0. The van der Waals surface area contributed by atoms with E-state index in [1.807, 2.05) is 42.5 Å². The van der Waals surface area contributed by atoms with Gasteiger partial charge in [0.15, 0.2) is 0 Å². The minimum atomic E-state index is 0.494. The van der Waals surface area contributed by atoms with E-state index in [0.29, 0.717) is 11.8 Å². The molecule has 0 aliphatic heterocycles. The van der Waals surface area contributed by atoms with Crippen LogP contribution in [0.2, 0.25) is 0 Å². The van der Waals surface area contributed by atoms with Gasteiger partial charge in [-0.05, 0) is 42.2 Å². The maximum absolute atomic E-state index is 5.76. The van der Waals surface area contributed by atoms with Gasteiger partial charge in [-0.2, -0.15) is 0 Å². The fraction of sp³-hybridized carbons (Fsp3) is 0.250.